The molecule has 132 valence electrons. The minimum Gasteiger partial charge on any atom is -0.496 e. The Kier molecular flexibility index (Phi) is 5.93. The lowest BCUT2D eigenvalue weighted by Crippen LogP contribution is -2.05. The average Bonchev–Trinajstić information content (AvgIpc) is 2.57. The third-order valence-corrected chi connectivity index (χ3v) is 3.74. The van der Waals surface area contributed by atoms with Crippen molar-refractivity contribution in [3.63, 3.8) is 0 Å². The zero-order chi connectivity index (χ0) is 18.6. The molecule has 0 radical (unpaired) electrons. The van der Waals surface area contributed by atoms with Gasteiger partial charge in [-0.15, -0.1) is 6.58 Å². The molecule has 0 atom stereocenters. The zero-order valence-corrected chi connectivity index (χ0v) is 14.0. The fourth-order valence-corrected chi connectivity index (χ4v) is 2.48. The molecule has 0 spiro atoms. The van der Waals surface area contributed by atoms with E-state index in [1.807, 2.05) is 0 Å². The number of nitrogens with zero attached hydrogens (tertiary/aromatic N) is 1. The second-order valence-electron chi connectivity index (χ2n) is 4.99. The number of rotatable bonds is 7. The molecule has 0 N–H and O–H groups in total. The van der Waals surface area contributed by atoms with Gasteiger partial charge in [0, 0.05) is 0 Å². The molecule has 5 nitrogen and oxygen atoms in total. The molecule has 2 aromatic rings. The number of nitro benzene ring substituents is 1. The van der Waals surface area contributed by atoms with Crippen LogP contribution in [0.3, 0.4) is 0 Å². The van der Waals surface area contributed by atoms with Crippen molar-refractivity contribution < 1.29 is 23.2 Å². The van der Waals surface area contributed by atoms with Gasteiger partial charge in [0.25, 0.3) is 5.69 Å². The molecule has 0 saturated carbocycles. The molecule has 2 rings (SSSR count). The Labute approximate surface area is 147 Å². The lowest BCUT2D eigenvalue weighted by Gasteiger charge is -2.14. The van der Waals surface area contributed by atoms with Gasteiger partial charge in [-0.25, -0.2) is 8.78 Å². The van der Waals surface area contributed by atoms with Gasteiger partial charge in [0.1, 0.15) is 23.1 Å². The summed E-state index contributed by atoms with van der Waals surface area (Å²) in [4.78, 5) is 10.4. The number of allylic oxidation sites excluding steroid dienone is 1. The van der Waals surface area contributed by atoms with Gasteiger partial charge in [0.05, 0.1) is 23.7 Å². The lowest BCUT2D eigenvalue weighted by molar-refractivity contribution is -0.384. The molecule has 25 heavy (non-hydrogen) atoms. The molecule has 0 aliphatic rings. The van der Waals surface area contributed by atoms with Crippen LogP contribution in [0.25, 0.3) is 0 Å². The van der Waals surface area contributed by atoms with Gasteiger partial charge in [-0.05, 0) is 30.2 Å². The van der Waals surface area contributed by atoms with Crippen LogP contribution < -0.4 is 9.47 Å². The molecule has 0 aliphatic heterocycles. The van der Waals surface area contributed by atoms with E-state index in [2.05, 4.69) is 6.58 Å². The molecule has 8 heteroatoms. The molecule has 0 aliphatic carbocycles. The summed E-state index contributed by atoms with van der Waals surface area (Å²) in [6.07, 6.45) is 1.89. The van der Waals surface area contributed by atoms with Crippen LogP contribution in [0.4, 0.5) is 14.5 Å². The maximum Gasteiger partial charge on any atom is 0.291 e. The van der Waals surface area contributed by atoms with Crippen LogP contribution in [-0.4, -0.2) is 12.0 Å². The van der Waals surface area contributed by atoms with Gasteiger partial charge in [-0.1, -0.05) is 17.7 Å². The van der Waals surface area contributed by atoms with E-state index in [0.29, 0.717) is 12.0 Å². The van der Waals surface area contributed by atoms with E-state index in [0.717, 1.165) is 12.1 Å². The number of nitro groups is 1. The Hall–Kier alpha value is -2.67. The van der Waals surface area contributed by atoms with Crippen LogP contribution in [-0.2, 0) is 13.0 Å². The third-order valence-electron chi connectivity index (χ3n) is 3.44. The summed E-state index contributed by atoms with van der Waals surface area (Å²) in [5, 5.41) is 11.0. The molecular weight excluding hydrogens is 356 g/mol. The molecule has 2 aromatic carbocycles. The van der Waals surface area contributed by atoms with Gasteiger partial charge in [0.2, 0.25) is 0 Å². The summed E-state index contributed by atoms with van der Waals surface area (Å²) in [6, 6.07) is 4.74. The molecule has 0 bridgehead atoms. The van der Waals surface area contributed by atoms with Gasteiger partial charge in [-0.3, -0.25) is 10.1 Å². The van der Waals surface area contributed by atoms with Gasteiger partial charge >= 0.3 is 0 Å². The topological polar surface area (TPSA) is 61.6 Å². The van der Waals surface area contributed by atoms with Crippen LogP contribution in [0.1, 0.15) is 11.1 Å². The number of halogens is 3. The SMILES string of the molecule is C=CCc1cc(Cl)c([N+](=O)[O-])cc1OCc1c(OC)ccc(F)c1F. The maximum absolute atomic E-state index is 14.0. The first-order valence-corrected chi connectivity index (χ1v) is 7.48. The summed E-state index contributed by atoms with van der Waals surface area (Å²) in [5.41, 5.74) is 0.0437. The molecule has 0 fully saturated rings. The summed E-state index contributed by atoms with van der Waals surface area (Å²) >= 11 is 5.88. The highest BCUT2D eigenvalue weighted by atomic mass is 35.5. The second kappa shape index (κ2) is 7.94. The smallest absolute Gasteiger partial charge is 0.291 e. The first-order valence-electron chi connectivity index (χ1n) is 7.10. The highest BCUT2D eigenvalue weighted by Gasteiger charge is 2.19. The van der Waals surface area contributed by atoms with Crippen molar-refractivity contribution in [3.05, 3.63) is 74.8 Å². The average molecular weight is 370 g/mol. The molecule has 0 heterocycles. The second-order valence-corrected chi connectivity index (χ2v) is 5.40. The van der Waals surface area contributed by atoms with Crippen LogP contribution in [0.15, 0.2) is 36.9 Å². The van der Waals surface area contributed by atoms with Gasteiger partial charge < -0.3 is 9.47 Å². The molecule has 0 amide bonds. The van der Waals surface area contributed by atoms with E-state index in [1.54, 1.807) is 6.08 Å². The van der Waals surface area contributed by atoms with Gasteiger partial charge in [0.15, 0.2) is 11.6 Å². The summed E-state index contributed by atoms with van der Waals surface area (Å²) in [6.45, 7) is 3.21. The van der Waals surface area contributed by atoms with E-state index in [-0.39, 0.29) is 34.4 Å². The molecule has 0 aromatic heterocycles. The van der Waals surface area contributed by atoms with Crippen LogP contribution in [0, 0.1) is 21.7 Å². The largest absolute Gasteiger partial charge is 0.496 e. The van der Waals surface area contributed by atoms with Crippen LogP contribution in [0.5, 0.6) is 11.5 Å². The standard InChI is InChI=1S/C17H14ClF2NO4/c1-3-4-10-7-12(18)14(21(22)23)8-16(10)25-9-11-15(24-2)6-5-13(19)17(11)20/h3,5-8H,1,4,9H2,2H3. The Bertz CT molecular complexity index is 827. The molecule has 0 unspecified atom stereocenters. The summed E-state index contributed by atoms with van der Waals surface area (Å²) in [7, 11) is 1.31. The monoisotopic (exact) mass is 369 g/mol. The molecular formula is C17H14ClF2NO4. The van der Waals surface area contributed by atoms with Crippen molar-refractivity contribution in [2.45, 2.75) is 13.0 Å². The summed E-state index contributed by atoms with van der Waals surface area (Å²) in [5.74, 6) is -1.92. The first-order chi connectivity index (χ1) is 11.9. The van der Waals surface area contributed by atoms with Crippen molar-refractivity contribution in [3.8, 4) is 11.5 Å². The van der Waals surface area contributed by atoms with E-state index in [4.69, 9.17) is 21.1 Å². The minimum absolute atomic E-state index is 0.0521. The van der Waals surface area contributed by atoms with E-state index >= 15 is 0 Å². The first kappa shape index (κ1) is 18.7. The highest BCUT2D eigenvalue weighted by molar-refractivity contribution is 6.32. The number of hydrogen-bond acceptors (Lipinski definition) is 4. The fourth-order valence-electron chi connectivity index (χ4n) is 2.22. The van der Waals surface area contributed by atoms with E-state index in [9.17, 15) is 18.9 Å². The predicted molar refractivity (Wildman–Crippen MR) is 89.2 cm³/mol. The van der Waals surface area contributed by atoms with E-state index < -0.39 is 16.6 Å². The van der Waals surface area contributed by atoms with Crippen molar-refractivity contribution in [2.24, 2.45) is 0 Å². The number of hydrogen-bond donors (Lipinski definition) is 0. The Balaban J connectivity index is 2.40. The number of ether oxygens (including phenoxy) is 2. The molecule has 0 saturated heterocycles. The number of methoxy groups -OCH3 is 1. The number of benzene rings is 2. The quantitative estimate of drug-likeness (QED) is 0.398. The van der Waals surface area contributed by atoms with Crippen molar-refractivity contribution in [2.75, 3.05) is 7.11 Å². The third kappa shape index (κ3) is 4.06. The highest BCUT2D eigenvalue weighted by Crippen LogP contribution is 2.34. The maximum atomic E-state index is 14.0. The van der Waals surface area contributed by atoms with Crippen molar-refractivity contribution in [1.29, 1.82) is 0 Å². The Morgan fingerprint density at radius 3 is 2.64 bits per heavy atom. The Morgan fingerprint density at radius 1 is 1.32 bits per heavy atom. The van der Waals surface area contributed by atoms with Gasteiger partial charge in [-0.2, -0.15) is 0 Å². The van der Waals surface area contributed by atoms with Crippen LogP contribution in [0.2, 0.25) is 5.02 Å². The van der Waals surface area contributed by atoms with Crippen molar-refractivity contribution in [1.82, 2.24) is 0 Å². The summed E-state index contributed by atoms with van der Waals surface area (Å²) < 4.78 is 37.9. The van der Waals surface area contributed by atoms with E-state index in [1.165, 1.54) is 19.2 Å². The van der Waals surface area contributed by atoms with Crippen LogP contribution >= 0.6 is 11.6 Å². The normalized spacial score (nSPS) is 10.4. The fraction of sp³-hybridized carbons (Fsp3) is 0.176. The minimum atomic E-state index is -1.10. The Morgan fingerprint density at radius 2 is 2.04 bits per heavy atom. The van der Waals surface area contributed by atoms with Crippen molar-refractivity contribution >= 4 is 17.3 Å². The lowest BCUT2D eigenvalue weighted by atomic mass is 10.1. The zero-order valence-electron chi connectivity index (χ0n) is 13.2. The predicted octanol–water partition coefficient (Wildman–Crippen LogP) is 4.84.